The van der Waals surface area contributed by atoms with Gasteiger partial charge in [-0.1, -0.05) is 11.6 Å². The molecule has 2 aromatic rings. The lowest BCUT2D eigenvalue weighted by molar-refractivity contribution is 1.16. The molecule has 70 valence electrons. The summed E-state index contributed by atoms with van der Waals surface area (Å²) in [7, 11) is 0. The van der Waals surface area contributed by atoms with Gasteiger partial charge in [-0.3, -0.25) is 4.98 Å². The predicted octanol–water partition coefficient (Wildman–Crippen LogP) is 2.50. The van der Waals surface area contributed by atoms with Crippen LogP contribution < -0.4 is 0 Å². The van der Waals surface area contributed by atoms with Crippen LogP contribution in [0.1, 0.15) is 5.56 Å². The fourth-order valence-electron chi connectivity index (χ4n) is 1.21. The lowest BCUT2D eigenvalue weighted by atomic mass is 10.1. The normalized spacial score (nSPS) is 10.1. The van der Waals surface area contributed by atoms with Crippen molar-refractivity contribution in [2.24, 2.45) is 0 Å². The van der Waals surface area contributed by atoms with Crippen LogP contribution in [-0.4, -0.2) is 15.0 Å². The Hall–Kier alpha value is -1.48. The van der Waals surface area contributed by atoms with Crippen LogP contribution in [0.3, 0.4) is 0 Å². The Morgan fingerprint density at radius 2 is 2.00 bits per heavy atom. The molecule has 0 saturated carbocycles. The molecule has 0 aliphatic carbocycles. The van der Waals surface area contributed by atoms with E-state index < -0.39 is 0 Å². The molecule has 2 aromatic heterocycles. The maximum absolute atomic E-state index is 5.96. The smallest absolute Gasteiger partial charge is 0.116 e. The van der Waals surface area contributed by atoms with Crippen LogP contribution in [0.25, 0.3) is 11.3 Å². The van der Waals surface area contributed by atoms with Crippen molar-refractivity contribution in [3.63, 3.8) is 0 Å². The van der Waals surface area contributed by atoms with Gasteiger partial charge in [0.2, 0.25) is 0 Å². The molecule has 3 nitrogen and oxygen atoms in total. The van der Waals surface area contributed by atoms with Crippen molar-refractivity contribution in [1.82, 2.24) is 15.0 Å². The first-order valence-corrected chi connectivity index (χ1v) is 4.52. The first kappa shape index (κ1) is 9.09. The fourth-order valence-corrected chi connectivity index (χ4v) is 1.42. The highest BCUT2D eigenvalue weighted by Crippen LogP contribution is 2.23. The van der Waals surface area contributed by atoms with Crippen molar-refractivity contribution in [3.05, 3.63) is 41.6 Å². The van der Waals surface area contributed by atoms with E-state index in [1.165, 1.54) is 6.33 Å². The maximum atomic E-state index is 5.96. The van der Waals surface area contributed by atoms with Crippen molar-refractivity contribution in [2.75, 3.05) is 0 Å². The average Bonchev–Trinajstić information content (AvgIpc) is 2.18. The van der Waals surface area contributed by atoms with Gasteiger partial charge in [-0.15, -0.1) is 0 Å². The second kappa shape index (κ2) is 3.72. The summed E-state index contributed by atoms with van der Waals surface area (Å²) >= 11 is 5.96. The van der Waals surface area contributed by atoms with E-state index in [0.29, 0.717) is 5.02 Å². The highest BCUT2D eigenvalue weighted by Gasteiger charge is 2.04. The summed E-state index contributed by atoms with van der Waals surface area (Å²) in [5.74, 6) is 0. The second-order valence-corrected chi connectivity index (χ2v) is 3.38. The van der Waals surface area contributed by atoms with Gasteiger partial charge >= 0.3 is 0 Å². The zero-order valence-electron chi connectivity index (χ0n) is 7.61. The van der Waals surface area contributed by atoms with E-state index in [2.05, 4.69) is 15.0 Å². The average molecular weight is 206 g/mol. The third kappa shape index (κ3) is 1.72. The van der Waals surface area contributed by atoms with E-state index in [1.807, 2.05) is 13.0 Å². The molecule has 2 rings (SSSR count). The molecule has 0 N–H and O–H groups in total. The molecule has 0 aliphatic heterocycles. The summed E-state index contributed by atoms with van der Waals surface area (Å²) in [5.41, 5.74) is 2.72. The predicted molar refractivity (Wildman–Crippen MR) is 55.0 cm³/mol. The first-order valence-electron chi connectivity index (χ1n) is 4.15. The van der Waals surface area contributed by atoms with E-state index >= 15 is 0 Å². The minimum absolute atomic E-state index is 0.542. The van der Waals surface area contributed by atoms with Crippen molar-refractivity contribution in [3.8, 4) is 11.3 Å². The van der Waals surface area contributed by atoms with Gasteiger partial charge in [0.1, 0.15) is 6.33 Å². The third-order valence-electron chi connectivity index (χ3n) is 1.82. The minimum Gasteiger partial charge on any atom is -0.264 e. The van der Waals surface area contributed by atoms with Gasteiger partial charge in [-0.05, 0) is 18.6 Å². The van der Waals surface area contributed by atoms with Gasteiger partial charge in [0.05, 0.1) is 10.7 Å². The van der Waals surface area contributed by atoms with Gasteiger partial charge < -0.3 is 0 Å². The molecule has 0 fully saturated rings. The quantitative estimate of drug-likeness (QED) is 0.718. The Morgan fingerprint density at radius 3 is 2.71 bits per heavy atom. The summed E-state index contributed by atoms with van der Waals surface area (Å²) < 4.78 is 0. The van der Waals surface area contributed by atoms with Gasteiger partial charge in [0.25, 0.3) is 0 Å². The van der Waals surface area contributed by atoms with Crippen LogP contribution in [0.15, 0.2) is 31.0 Å². The number of hydrogen-bond acceptors (Lipinski definition) is 3. The lowest BCUT2D eigenvalue weighted by Crippen LogP contribution is -1.88. The van der Waals surface area contributed by atoms with Crippen LogP contribution in [0.5, 0.6) is 0 Å². The first-order chi connectivity index (χ1) is 6.77. The van der Waals surface area contributed by atoms with Crippen molar-refractivity contribution >= 4 is 11.6 Å². The molecule has 0 unspecified atom stereocenters. The van der Waals surface area contributed by atoms with E-state index in [9.17, 15) is 0 Å². The van der Waals surface area contributed by atoms with Crippen LogP contribution in [0.4, 0.5) is 0 Å². The van der Waals surface area contributed by atoms with Crippen LogP contribution >= 0.6 is 11.6 Å². The number of aryl methyl sites for hydroxylation is 1. The maximum Gasteiger partial charge on any atom is 0.116 e. The largest absolute Gasteiger partial charge is 0.264 e. The standard InChI is InChI=1S/C10H8ClN3/c1-7-2-8(4-12-3-7)10-9(11)5-13-6-14-10/h2-6H,1H3. The molecular weight excluding hydrogens is 198 g/mol. The van der Waals surface area contributed by atoms with E-state index in [-0.39, 0.29) is 0 Å². The molecule has 4 heteroatoms. The van der Waals surface area contributed by atoms with Crippen LogP contribution in [-0.2, 0) is 0 Å². The zero-order chi connectivity index (χ0) is 9.97. The summed E-state index contributed by atoms with van der Waals surface area (Å²) in [6.45, 7) is 1.98. The molecule has 0 amide bonds. The van der Waals surface area contributed by atoms with E-state index in [4.69, 9.17) is 11.6 Å². The fraction of sp³-hybridized carbons (Fsp3) is 0.100. The number of halogens is 1. The Kier molecular flexibility index (Phi) is 2.41. The zero-order valence-corrected chi connectivity index (χ0v) is 8.36. The monoisotopic (exact) mass is 205 g/mol. The Balaban J connectivity index is 2.55. The van der Waals surface area contributed by atoms with Crippen molar-refractivity contribution in [2.45, 2.75) is 6.92 Å². The second-order valence-electron chi connectivity index (χ2n) is 2.97. The number of rotatable bonds is 1. The third-order valence-corrected chi connectivity index (χ3v) is 2.09. The number of pyridine rings is 1. The molecule has 0 aromatic carbocycles. The van der Waals surface area contributed by atoms with Crippen molar-refractivity contribution in [1.29, 1.82) is 0 Å². The Labute approximate surface area is 86.8 Å². The molecule has 14 heavy (non-hydrogen) atoms. The molecular formula is C10H8ClN3. The van der Waals surface area contributed by atoms with Gasteiger partial charge in [0, 0.05) is 24.2 Å². The highest BCUT2D eigenvalue weighted by atomic mass is 35.5. The molecule has 0 saturated heterocycles. The SMILES string of the molecule is Cc1cncc(-c2ncncc2Cl)c1. The van der Waals surface area contributed by atoms with E-state index in [1.54, 1.807) is 18.6 Å². The highest BCUT2D eigenvalue weighted by molar-refractivity contribution is 6.32. The Bertz CT molecular complexity index is 457. The van der Waals surface area contributed by atoms with Crippen LogP contribution in [0, 0.1) is 6.92 Å². The summed E-state index contributed by atoms with van der Waals surface area (Å²) in [5, 5.41) is 0.542. The summed E-state index contributed by atoms with van der Waals surface area (Å²) in [6, 6.07) is 1.99. The molecule has 0 aliphatic rings. The van der Waals surface area contributed by atoms with Gasteiger partial charge in [-0.25, -0.2) is 9.97 Å². The summed E-state index contributed by atoms with van der Waals surface area (Å²) in [4.78, 5) is 12.0. The van der Waals surface area contributed by atoms with E-state index in [0.717, 1.165) is 16.8 Å². The molecule has 0 radical (unpaired) electrons. The van der Waals surface area contributed by atoms with Gasteiger partial charge in [-0.2, -0.15) is 0 Å². The number of hydrogen-bond donors (Lipinski definition) is 0. The Morgan fingerprint density at radius 1 is 1.14 bits per heavy atom. The molecule has 0 spiro atoms. The topological polar surface area (TPSA) is 38.7 Å². The molecule has 0 atom stereocenters. The molecule has 0 bridgehead atoms. The lowest BCUT2D eigenvalue weighted by Gasteiger charge is -2.02. The van der Waals surface area contributed by atoms with Crippen molar-refractivity contribution < 1.29 is 0 Å². The van der Waals surface area contributed by atoms with Crippen LogP contribution in [0.2, 0.25) is 5.02 Å². The molecule has 2 heterocycles. The minimum atomic E-state index is 0.542. The number of aromatic nitrogens is 3. The number of nitrogens with zero attached hydrogens (tertiary/aromatic N) is 3. The van der Waals surface area contributed by atoms with Gasteiger partial charge in [0.15, 0.2) is 0 Å². The summed E-state index contributed by atoms with van der Waals surface area (Å²) in [6.07, 6.45) is 6.58.